The molecule has 55 heavy (non-hydrogen) atoms. The van der Waals surface area contributed by atoms with Crippen LogP contribution in [0.25, 0.3) is 0 Å². The minimum absolute atomic E-state index is 0.0325. The lowest BCUT2D eigenvalue weighted by atomic mass is 9.86. The average Bonchev–Trinajstić information content (AvgIpc) is 3.15. The first-order valence-electron chi connectivity index (χ1n) is 18.5. The van der Waals surface area contributed by atoms with E-state index in [-0.39, 0.29) is 128 Å². The summed E-state index contributed by atoms with van der Waals surface area (Å²) in [5, 5.41) is 13.5. The first-order chi connectivity index (χ1) is 26.3. The van der Waals surface area contributed by atoms with Gasteiger partial charge in [-0.15, -0.1) is 0 Å². The van der Waals surface area contributed by atoms with Crippen molar-refractivity contribution in [3.8, 4) is 0 Å². The molecule has 23 heteroatoms. The molecule has 1 saturated carbocycles. The molecule has 1 fully saturated rings. The maximum Gasteiger partial charge on any atom is 0.257 e. The number of ether oxygens (including phenoxy) is 3. The van der Waals surface area contributed by atoms with E-state index < -0.39 is 42.3 Å². The third-order valence-corrected chi connectivity index (χ3v) is 11.9. The van der Waals surface area contributed by atoms with Gasteiger partial charge in [-0.1, -0.05) is 26.1 Å². The Bertz CT molecular complexity index is 1170. The minimum atomic E-state index is -3.09. The number of carbonyl (C=O) groups excluding carboxylic acids is 5. The molecule has 0 saturated heterocycles. The van der Waals surface area contributed by atoms with Gasteiger partial charge in [0.25, 0.3) is 6.57 Å². The highest BCUT2D eigenvalue weighted by Gasteiger charge is 2.34. The van der Waals surface area contributed by atoms with E-state index in [1.165, 1.54) is 0 Å². The molecule has 0 aromatic heterocycles. The Morgan fingerprint density at radius 2 is 1.07 bits per heavy atom. The van der Waals surface area contributed by atoms with Crippen LogP contribution in [0.15, 0.2) is 0 Å². The lowest BCUT2D eigenvalue weighted by Gasteiger charge is -2.31. The zero-order valence-corrected chi connectivity index (χ0v) is 33.8. The number of nitrogens with two attached hydrogens (primary N) is 3. The van der Waals surface area contributed by atoms with Crippen LogP contribution in [0.3, 0.4) is 0 Å². The Kier molecular flexibility index (Phi) is 28.2. The van der Waals surface area contributed by atoms with Crippen molar-refractivity contribution >= 4 is 48.4 Å². The van der Waals surface area contributed by atoms with E-state index in [9.17, 15) is 28.5 Å². The molecular weight excluding hydrogens is 767 g/mol. The van der Waals surface area contributed by atoms with Crippen LogP contribution in [0.2, 0.25) is 0 Å². The van der Waals surface area contributed by atoms with Gasteiger partial charge < -0.3 is 59.8 Å². The van der Waals surface area contributed by atoms with Crippen LogP contribution < -0.4 is 44.3 Å². The van der Waals surface area contributed by atoms with Gasteiger partial charge in [0.2, 0.25) is 29.5 Å². The Balaban J connectivity index is 2.87. The van der Waals surface area contributed by atoms with Gasteiger partial charge in [-0.25, -0.2) is 17.7 Å². The van der Waals surface area contributed by atoms with E-state index in [0.29, 0.717) is 25.7 Å². The predicted octanol–water partition coefficient (Wildman–Crippen LogP) is -1.31. The van der Waals surface area contributed by atoms with Crippen molar-refractivity contribution in [3.63, 3.8) is 0 Å². The summed E-state index contributed by atoms with van der Waals surface area (Å²) in [5.74, 6) is 12.1. The number of carbonyl (C=O) groups is 5. The third kappa shape index (κ3) is 24.0. The largest absolute Gasteiger partial charge is 0.377 e. The molecule has 3 unspecified atom stereocenters. The van der Waals surface area contributed by atoms with E-state index >= 15 is 0 Å². The minimum Gasteiger partial charge on any atom is -0.377 e. The second kappa shape index (κ2) is 30.6. The molecule has 0 heterocycles. The highest BCUT2D eigenvalue weighted by molar-refractivity contribution is 8.46. The van der Waals surface area contributed by atoms with Gasteiger partial charge >= 0.3 is 0 Å². The Hall–Kier alpha value is -2.47. The molecule has 0 aromatic rings. The Morgan fingerprint density at radius 3 is 1.53 bits per heavy atom. The standard InChI is InChI=1S/C32H63N8O13PS/c1-23(2)54(46,55)53-25-5-3-24(4-6-25)30(43)40-27(32(45)38-13-16-49-19-22-52-35)8-10-29(42)39-26(31(44)37-12-15-48-18-21-51-34)7-9-28(41)36-11-14-47-17-20-50-33/h23-27H,3-22,33-35H2,1-2H3,(H,36,41)(H,37,44)(H,38,45)(H,39,42)(H,40,43)(H,46,55)/t24-,25-,26?,27?,54?. The van der Waals surface area contributed by atoms with Crippen LogP contribution in [-0.4, -0.2) is 132 Å². The van der Waals surface area contributed by atoms with Crippen LogP contribution in [0.1, 0.15) is 65.2 Å². The van der Waals surface area contributed by atoms with Crippen molar-refractivity contribution in [1.29, 1.82) is 0 Å². The molecule has 0 aromatic carbocycles. The molecule has 320 valence electrons. The van der Waals surface area contributed by atoms with E-state index in [1.54, 1.807) is 13.8 Å². The van der Waals surface area contributed by atoms with Gasteiger partial charge in [0.15, 0.2) is 0 Å². The zero-order chi connectivity index (χ0) is 40.9. The molecule has 21 nitrogen and oxygen atoms in total. The molecule has 1 rings (SSSR count). The Labute approximate surface area is 328 Å². The summed E-state index contributed by atoms with van der Waals surface area (Å²) in [4.78, 5) is 78.7. The number of hydrogen-bond acceptors (Lipinski definition) is 16. The summed E-state index contributed by atoms with van der Waals surface area (Å²) < 4.78 is 34.3. The van der Waals surface area contributed by atoms with Gasteiger partial charge in [0, 0.05) is 44.1 Å². The molecule has 1 aliphatic rings. The predicted molar refractivity (Wildman–Crippen MR) is 203 cm³/mol. The van der Waals surface area contributed by atoms with E-state index in [4.69, 9.17) is 36.4 Å². The highest BCUT2D eigenvalue weighted by atomic mass is 32.7. The molecule has 0 aliphatic heterocycles. The quantitative estimate of drug-likeness (QED) is 0.0165. The van der Waals surface area contributed by atoms with Crippen molar-refractivity contribution in [2.45, 2.75) is 89.1 Å². The van der Waals surface area contributed by atoms with Crippen molar-refractivity contribution in [3.05, 3.63) is 0 Å². The van der Waals surface area contributed by atoms with Gasteiger partial charge in [-0.2, -0.15) is 0 Å². The van der Waals surface area contributed by atoms with Crippen molar-refractivity contribution in [2.75, 3.05) is 79.1 Å². The van der Waals surface area contributed by atoms with Gasteiger partial charge in [0.05, 0.1) is 65.6 Å². The summed E-state index contributed by atoms with van der Waals surface area (Å²) in [6.45, 7) is 2.64. The van der Waals surface area contributed by atoms with E-state index in [2.05, 4.69) is 53.3 Å². The molecule has 1 aliphatic carbocycles. The van der Waals surface area contributed by atoms with Crippen LogP contribution in [0.4, 0.5) is 0 Å². The molecule has 5 amide bonds. The van der Waals surface area contributed by atoms with Gasteiger partial charge in [-0.05, 0) is 38.5 Å². The van der Waals surface area contributed by atoms with Crippen molar-refractivity contribution in [2.24, 2.45) is 23.6 Å². The van der Waals surface area contributed by atoms with Gasteiger partial charge in [-0.3, -0.25) is 28.5 Å². The summed E-state index contributed by atoms with van der Waals surface area (Å²) in [5.41, 5.74) is -0.252. The zero-order valence-electron chi connectivity index (χ0n) is 32.0. The van der Waals surface area contributed by atoms with E-state index in [0.717, 1.165) is 0 Å². The first-order valence-corrected chi connectivity index (χ1v) is 21.3. The summed E-state index contributed by atoms with van der Waals surface area (Å²) in [6.07, 6.45) is 1.12. The number of nitrogens with one attached hydrogen (secondary N) is 5. The monoisotopic (exact) mass is 830 g/mol. The summed E-state index contributed by atoms with van der Waals surface area (Å²) in [6, 6.07) is -2.19. The van der Waals surface area contributed by atoms with Crippen LogP contribution in [0.5, 0.6) is 0 Å². The van der Waals surface area contributed by atoms with Crippen LogP contribution in [0, 0.1) is 5.92 Å². The second-order valence-electron chi connectivity index (χ2n) is 12.9. The lowest BCUT2D eigenvalue weighted by molar-refractivity contribution is -0.133. The van der Waals surface area contributed by atoms with E-state index in [1.807, 2.05) is 0 Å². The molecule has 0 spiro atoms. The lowest BCUT2D eigenvalue weighted by Crippen LogP contribution is -2.51. The molecule has 0 bridgehead atoms. The smallest absolute Gasteiger partial charge is 0.257 e. The second-order valence-corrected chi connectivity index (χ2v) is 16.9. The molecule has 11 N–H and O–H groups in total. The van der Waals surface area contributed by atoms with Crippen molar-refractivity contribution in [1.82, 2.24) is 26.6 Å². The van der Waals surface area contributed by atoms with Gasteiger partial charge in [0.1, 0.15) is 12.1 Å². The fourth-order valence-electron chi connectivity index (χ4n) is 5.13. The fraction of sp³-hybridized carbons (Fsp3) is 0.844. The highest BCUT2D eigenvalue weighted by Crippen LogP contribution is 2.58. The molecule has 0 radical (unpaired) electrons. The third-order valence-electron chi connectivity index (χ3n) is 8.30. The Morgan fingerprint density at radius 1 is 0.636 bits per heavy atom. The van der Waals surface area contributed by atoms with Crippen molar-refractivity contribution < 1.29 is 61.8 Å². The van der Waals surface area contributed by atoms with Crippen LogP contribution >= 0.6 is 18.8 Å². The molecular formula is C32H63N8O13PS. The number of amides is 5. The number of rotatable bonds is 32. The maximum absolute atomic E-state index is 13.4. The SMILES string of the molecule is CC(C)P(=O)(S)O[C@H]1CC[C@H](C(=O)NC(CCC(=O)NC(CCC(=O)NCCOCCON)C(=O)NCCOCCON)C(=O)NCCOCCON)CC1. The topological polar surface area (TPSA) is 305 Å². The summed E-state index contributed by atoms with van der Waals surface area (Å²) in [7, 11) is 0. The van der Waals surface area contributed by atoms with Crippen LogP contribution in [-0.2, 0) is 61.8 Å². The summed E-state index contributed by atoms with van der Waals surface area (Å²) >= 11 is 4.21. The number of thiol groups is 1. The maximum atomic E-state index is 13.4. The normalized spacial score (nSPS) is 17.8. The fourth-order valence-corrected chi connectivity index (χ4v) is 6.41. The average molecular weight is 831 g/mol. The molecule has 3 atom stereocenters. The number of hydrogen-bond donors (Lipinski definition) is 9. The first kappa shape index (κ1) is 50.5.